The summed E-state index contributed by atoms with van der Waals surface area (Å²) in [6.45, 7) is 64.7. The van der Waals surface area contributed by atoms with E-state index in [-0.39, 0.29) is 84.1 Å². The average Bonchev–Trinajstić information content (AvgIpc) is 1.68. The van der Waals surface area contributed by atoms with Crippen LogP contribution >= 0.6 is 11.3 Å². The first-order valence-electron chi connectivity index (χ1n) is 56.8. The van der Waals surface area contributed by atoms with Crippen LogP contribution in [0.3, 0.4) is 0 Å². The lowest BCUT2D eigenvalue weighted by molar-refractivity contribution is 0.195. The number of hydrogen-bond donors (Lipinski definition) is 0. The quantitative estimate of drug-likeness (QED) is 0.147. The highest BCUT2D eigenvalue weighted by Crippen LogP contribution is 2.67. The van der Waals surface area contributed by atoms with Gasteiger partial charge < -0.3 is 33.8 Å². The van der Waals surface area contributed by atoms with Crippen LogP contribution < -0.4 is 62.2 Å². The van der Waals surface area contributed by atoms with Gasteiger partial charge in [0.15, 0.2) is 5.58 Å². The van der Waals surface area contributed by atoms with Crippen LogP contribution in [0, 0.1) is 20.8 Å². The predicted octanol–water partition coefficient (Wildman–Crippen LogP) is 34.9. The molecule has 8 heterocycles. The van der Waals surface area contributed by atoms with Gasteiger partial charge in [0.1, 0.15) is 5.58 Å². The van der Waals surface area contributed by atoms with Gasteiger partial charge >= 0.3 is 0 Å². The van der Waals surface area contributed by atoms with Gasteiger partial charge in [-0.3, -0.25) is 0 Å². The van der Waals surface area contributed by atoms with E-state index in [2.05, 4.69) is 440 Å². The number of benzene rings is 14. The SMILES string of the molecule is Cc1cc2c3c(c1)N(c1cccc4c1oc1ccc(-c5ccc6c(c5)N(c5ccc7c(c5)N(c5ccc(C(C)(C)C)c8c5sc5ccccc58)c5cc(C)cc8c5B7c5cc7c(cc5N8c5ccc8c(c5)C(C)(C)CCC8(C)C)C(C)(C)CCC7(C)C)C5(C)CCCCC65C)cc14)c1cc(N4c5ccc(C)cc5C5(C)CCCCC45C)ccc1B3c1cc3c(cc1N2c1ccc2c(c1)C(C)(C)CCC2(C)C)C(C)(C)CCC3(C)C. The molecule has 0 amide bonds. The van der Waals surface area contributed by atoms with Crippen LogP contribution in [-0.2, 0) is 59.6 Å². The van der Waals surface area contributed by atoms with Crippen LogP contribution in [0.4, 0.5) is 91.0 Å². The molecule has 2 saturated carbocycles. The van der Waals surface area contributed by atoms with Crippen molar-refractivity contribution in [2.75, 3.05) is 29.4 Å². The van der Waals surface area contributed by atoms with Crippen molar-refractivity contribution in [1.82, 2.24) is 0 Å². The second kappa shape index (κ2) is 30.7. The van der Waals surface area contributed by atoms with Crippen molar-refractivity contribution in [3.8, 4) is 11.1 Å². The largest absolute Gasteiger partial charge is 0.454 e. The first-order chi connectivity index (χ1) is 70.6. The molecule has 0 bridgehead atoms. The number of nitrogens with zero attached hydrogens (tertiary/aromatic N) is 6. The molecule has 10 heteroatoms. The van der Waals surface area contributed by atoms with Crippen molar-refractivity contribution in [3.63, 3.8) is 0 Å². The molecule has 28 rings (SSSR count). The lowest BCUT2D eigenvalue weighted by Gasteiger charge is -2.51. The Balaban J connectivity index is 0.636. The molecule has 2 aromatic heterocycles. The zero-order valence-corrected chi connectivity index (χ0v) is 94.2. The van der Waals surface area contributed by atoms with Gasteiger partial charge in [-0.15, -0.1) is 11.3 Å². The maximum absolute atomic E-state index is 7.79. The molecule has 0 saturated heterocycles. The normalized spacial score (nSPS) is 23.4. The van der Waals surface area contributed by atoms with Gasteiger partial charge in [-0.1, -0.05) is 280 Å². The first kappa shape index (κ1) is 94.2. The molecule has 149 heavy (non-hydrogen) atoms. The maximum atomic E-state index is 7.79. The highest BCUT2D eigenvalue weighted by atomic mass is 32.1. The third-order valence-electron chi connectivity index (χ3n) is 42.0. The highest BCUT2D eigenvalue weighted by Gasteiger charge is 2.62. The van der Waals surface area contributed by atoms with E-state index in [0.717, 1.165) is 91.8 Å². The van der Waals surface area contributed by atoms with Gasteiger partial charge in [0.25, 0.3) is 13.4 Å². The number of rotatable bonds is 7. The molecule has 0 spiro atoms. The van der Waals surface area contributed by atoms with Crippen molar-refractivity contribution < 1.29 is 4.42 Å². The van der Waals surface area contributed by atoms with E-state index in [1.165, 1.54) is 266 Å². The van der Waals surface area contributed by atoms with E-state index < -0.39 is 0 Å². The van der Waals surface area contributed by atoms with Gasteiger partial charge in [-0.25, -0.2) is 0 Å². The van der Waals surface area contributed by atoms with Crippen LogP contribution in [-0.4, -0.2) is 24.5 Å². The summed E-state index contributed by atoms with van der Waals surface area (Å²) in [5, 5.41) is 4.94. The summed E-state index contributed by atoms with van der Waals surface area (Å²) in [5.41, 5.74) is 51.8. The zero-order valence-electron chi connectivity index (χ0n) is 93.4. The number of thiophene rings is 1. The Morgan fingerprint density at radius 3 is 1.21 bits per heavy atom. The Morgan fingerprint density at radius 1 is 0.275 bits per heavy atom. The Bertz CT molecular complexity index is 8610. The lowest BCUT2D eigenvalue weighted by Crippen LogP contribution is -2.62. The molecule has 2 fully saturated rings. The zero-order chi connectivity index (χ0) is 103. The molecule has 752 valence electrons. The number of anilines is 16. The van der Waals surface area contributed by atoms with E-state index in [1.807, 2.05) is 11.3 Å². The second-order valence-corrected chi connectivity index (χ2v) is 56.8. The summed E-state index contributed by atoms with van der Waals surface area (Å²) in [5.74, 6) is 0. The third-order valence-corrected chi connectivity index (χ3v) is 43.2. The standard InChI is InChI=1S/C139H148B2N6OS/c1-81-38-51-108-103(66-81)137(24)55-30-32-57-139(137,26)146(108)88-43-49-104-112(75-88)144(118-69-82(2)67-116-123(118)140(104)106-77-99-101(134(19,20)64-62-132(99,15)16)79-114(106)142(116)86-41-46-93-97(73-86)130(11,12)60-58-128(93,7)8)109-36-33-35-90-92-71-84(40-53-120(92)148-125(90)109)85-39-45-95-111(72-85)147(138(25)56-31-29-54-136(95,138)23)89-44-50-105-113(76-89)145(110-52-48-96(127(4,5)6)122-91-34-27-28-37-121(91)149-126(110)122)119-70-83(3)68-117-124(119)141(105)107-78-100-102(135(21,22)65-63-133(100,17)18)80-115(107)143(117)87-42-47-94-98(74-87)131(13,14)61-59-129(94,9)10/h27-28,33-53,66-80H,29-32,54-65H2,1-26H3. The monoisotopic (exact) mass is 1970 g/mol. The minimum Gasteiger partial charge on any atom is -0.454 e. The fourth-order valence-corrected chi connectivity index (χ4v) is 33.7. The molecule has 4 unspecified atom stereocenters. The summed E-state index contributed by atoms with van der Waals surface area (Å²) < 4.78 is 10.5. The van der Waals surface area contributed by atoms with E-state index in [9.17, 15) is 0 Å². The lowest BCUT2D eigenvalue weighted by atomic mass is 9.33. The average molecular weight is 1970 g/mol. The van der Waals surface area contributed by atoms with Crippen molar-refractivity contribution in [3.05, 3.63) is 308 Å². The van der Waals surface area contributed by atoms with Crippen LogP contribution in [0.15, 0.2) is 235 Å². The fraction of sp³-hybridized carbons (Fsp3) is 0.396. The molecule has 16 aromatic rings. The molecule has 6 aliphatic carbocycles. The third kappa shape index (κ3) is 12.9. The van der Waals surface area contributed by atoms with Crippen molar-refractivity contribution >= 4 is 191 Å². The summed E-state index contributed by atoms with van der Waals surface area (Å²) >= 11 is 1.98. The van der Waals surface area contributed by atoms with Crippen LogP contribution in [0.25, 0.3) is 53.2 Å². The van der Waals surface area contributed by atoms with Crippen LogP contribution in [0.1, 0.15) is 340 Å². The molecule has 0 radical (unpaired) electrons. The number of hydrogen-bond acceptors (Lipinski definition) is 8. The summed E-state index contributed by atoms with van der Waals surface area (Å²) in [4.78, 5) is 16.7. The topological polar surface area (TPSA) is 32.6 Å². The van der Waals surface area contributed by atoms with Crippen molar-refractivity contribution in [2.24, 2.45) is 0 Å². The number of para-hydroxylation sites is 1. The summed E-state index contributed by atoms with van der Waals surface area (Å²) in [6, 6.07) is 95.8. The first-order valence-corrected chi connectivity index (χ1v) is 57.6. The summed E-state index contributed by atoms with van der Waals surface area (Å²) in [6.07, 6.45) is 18.4. The second-order valence-electron chi connectivity index (χ2n) is 55.8. The van der Waals surface area contributed by atoms with Gasteiger partial charge in [-0.05, 0) is 404 Å². The maximum Gasteiger partial charge on any atom is 0.252 e. The number of aryl methyl sites for hydroxylation is 3. The molecule has 7 nitrogen and oxygen atoms in total. The molecule has 12 aliphatic rings. The van der Waals surface area contributed by atoms with Gasteiger partial charge in [-0.2, -0.15) is 0 Å². The van der Waals surface area contributed by atoms with Crippen LogP contribution in [0.2, 0.25) is 0 Å². The summed E-state index contributed by atoms with van der Waals surface area (Å²) in [7, 11) is 0. The minimum absolute atomic E-state index is 0.00190. The van der Waals surface area contributed by atoms with Gasteiger partial charge in [0, 0.05) is 117 Å². The van der Waals surface area contributed by atoms with E-state index in [4.69, 9.17) is 4.42 Å². The molecule has 14 aromatic carbocycles. The smallest absolute Gasteiger partial charge is 0.252 e. The highest BCUT2D eigenvalue weighted by molar-refractivity contribution is 7.26. The molecular weight excluding hydrogens is 1820 g/mol. The van der Waals surface area contributed by atoms with E-state index in [0.29, 0.717) is 0 Å². The van der Waals surface area contributed by atoms with Crippen LogP contribution in [0.5, 0.6) is 0 Å². The molecule has 6 aliphatic heterocycles. The van der Waals surface area contributed by atoms with Crippen molar-refractivity contribution in [2.45, 2.75) is 353 Å². The molecule has 4 atom stereocenters. The Morgan fingerprint density at radius 2 is 0.691 bits per heavy atom. The predicted molar refractivity (Wildman–Crippen MR) is 640 cm³/mol. The fourth-order valence-electron chi connectivity index (χ4n) is 32.5. The van der Waals surface area contributed by atoms with Gasteiger partial charge in [0.2, 0.25) is 0 Å². The number of furan rings is 1. The van der Waals surface area contributed by atoms with E-state index in [1.54, 1.807) is 0 Å². The van der Waals surface area contributed by atoms with Crippen molar-refractivity contribution in [1.29, 1.82) is 0 Å². The molecular formula is C139H148B2N6OS. The minimum atomic E-state index is -0.272. The number of fused-ring (bicyclic) bond motifs is 24. The van der Waals surface area contributed by atoms with Gasteiger partial charge in [0.05, 0.1) is 27.2 Å². The molecule has 0 N–H and O–H groups in total. The Labute approximate surface area is 890 Å². The Hall–Kier alpha value is -12.0. The van der Waals surface area contributed by atoms with E-state index >= 15 is 0 Å². The Kier molecular flexibility index (Phi) is 19.4.